The largest absolute Gasteiger partial charge is 0.271 e. The van der Waals surface area contributed by atoms with Crippen LogP contribution in [0.15, 0.2) is 12.3 Å². The van der Waals surface area contributed by atoms with Crippen molar-refractivity contribution < 1.29 is 0 Å². The summed E-state index contributed by atoms with van der Waals surface area (Å²) < 4.78 is 2.12. The van der Waals surface area contributed by atoms with Gasteiger partial charge in [0.15, 0.2) is 0 Å². The maximum absolute atomic E-state index is 5.88. The summed E-state index contributed by atoms with van der Waals surface area (Å²) in [5.41, 5.74) is 4.33. The number of nitrogens with two attached hydrogens (primary N) is 1. The van der Waals surface area contributed by atoms with Crippen molar-refractivity contribution in [3.05, 3.63) is 18.0 Å². The van der Waals surface area contributed by atoms with Crippen molar-refractivity contribution in [2.75, 3.05) is 0 Å². The highest BCUT2D eigenvalue weighted by Crippen LogP contribution is 2.38. The van der Waals surface area contributed by atoms with E-state index in [-0.39, 0.29) is 6.04 Å². The van der Waals surface area contributed by atoms with Gasteiger partial charge in [-0.15, -0.1) is 0 Å². The third-order valence-electron chi connectivity index (χ3n) is 5.01. The summed E-state index contributed by atoms with van der Waals surface area (Å²) in [6, 6.07) is 2.38. The molecule has 0 bridgehead atoms. The lowest BCUT2D eigenvalue weighted by Gasteiger charge is -2.34. The van der Waals surface area contributed by atoms with Gasteiger partial charge >= 0.3 is 0 Å². The molecule has 1 unspecified atom stereocenters. The molecule has 1 aromatic rings. The number of nitrogens with zero attached hydrogens (tertiary/aromatic N) is 2. The van der Waals surface area contributed by atoms with Crippen molar-refractivity contribution in [2.24, 2.45) is 17.7 Å². The second-order valence-corrected chi connectivity index (χ2v) is 6.55. The van der Waals surface area contributed by atoms with Gasteiger partial charge in [-0.1, -0.05) is 46.0 Å². The van der Waals surface area contributed by atoms with E-state index < -0.39 is 0 Å². The molecule has 3 N–H and O–H groups in total. The van der Waals surface area contributed by atoms with Gasteiger partial charge in [0.2, 0.25) is 0 Å². The van der Waals surface area contributed by atoms with Crippen molar-refractivity contribution in [1.29, 1.82) is 0 Å². The maximum Gasteiger partial charge on any atom is 0.0657 e. The van der Waals surface area contributed by atoms with E-state index in [0.29, 0.717) is 5.92 Å². The van der Waals surface area contributed by atoms with Crippen LogP contribution < -0.4 is 11.3 Å². The zero-order chi connectivity index (χ0) is 15.1. The predicted molar refractivity (Wildman–Crippen MR) is 87.6 cm³/mol. The number of rotatable bonds is 8. The van der Waals surface area contributed by atoms with E-state index in [1.807, 2.05) is 6.20 Å². The second kappa shape index (κ2) is 8.54. The van der Waals surface area contributed by atoms with E-state index in [0.717, 1.165) is 18.9 Å². The SMILES string of the molecule is CCCCC1CCC(C(NN)c2ccnn2CCC)CC1. The van der Waals surface area contributed by atoms with Gasteiger partial charge < -0.3 is 0 Å². The molecule has 4 heteroatoms. The highest BCUT2D eigenvalue weighted by Gasteiger charge is 2.29. The maximum atomic E-state index is 5.88. The van der Waals surface area contributed by atoms with Crippen LogP contribution in [0.1, 0.15) is 76.9 Å². The standard InChI is InChI=1S/C17H32N4/c1-3-5-6-14-7-9-15(10-8-14)17(20-18)16-11-12-19-21(16)13-4-2/h11-12,14-15,17,20H,3-10,13,18H2,1-2H3. The van der Waals surface area contributed by atoms with Crippen LogP contribution in [-0.2, 0) is 6.54 Å². The number of hydrazine groups is 1. The molecule has 4 nitrogen and oxygen atoms in total. The van der Waals surface area contributed by atoms with E-state index in [9.17, 15) is 0 Å². The average molecular weight is 292 g/mol. The summed E-state index contributed by atoms with van der Waals surface area (Å²) in [5.74, 6) is 7.48. The Kier molecular flexibility index (Phi) is 6.71. The number of unbranched alkanes of at least 4 members (excludes halogenated alkanes) is 1. The molecule has 1 saturated carbocycles. The number of aryl methyl sites for hydroxylation is 1. The molecule has 0 spiro atoms. The fourth-order valence-corrected chi connectivity index (χ4v) is 3.77. The first-order valence-corrected chi connectivity index (χ1v) is 8.77. The van der Waals surface area contributed by atoms with Crippen LogP contribution in [0.2, 0.25) is 0 Å². The first-order valence-electron chi connectivity index (χ1n) is 8.77. The molecule has 2 rings (SSSR count). The van der Waals surface area contributed by atoms with Crippen LogP contribution in [0.3, 0.4) is 0 Å². The monoisotopic (exact) mass is 292 g/mol. The minimum Gasteiger partial charge on any atom is -0.271 e. The minimum atomic E-state index is 0.256. The molecule has 1 aliphatic carbocycles. The number of hydrogen-bond donors (Lipinski definition) is 2. The number of hydrogen-bond acceptors (Lipinski definition) is 3. The number of aromatic nitrogens is 2. The average Bonchev–Trinajstić information content (AvgIpc) is 2.96. The molecule has 21 heavy (non-hydrogen) atoms. The third-order valence-corrected chi connectivity index (χ3v) is 5.01. The lowest BCUT2D eigenvalue weighted by Crippen LogP contribution is -2.36. The topological polar surface area (TPSA) is 55.9 Å². The first kappa shape index (κ1) is 16.5. The van der Waals surface area contributed by atoms with Crippen LogP contribution in [0, 0.1) is 11.8 Å². The van der Waals surface area contributed by atoms with E-state index in [4.69, 9.17) is 5.84 Å². The second-order valence-electron chi connectivity index (χ2n) is 6.55. The third kappa shape index (κ3) is 4.30. The van der Waals surface area contributed by atoms with Crippen LogP contribution in [0.25, 0.3) is 0 Å². The molecular weight excluding hydrogens is 260 g/mol. The highest BCUT2D eigenvalue weighted by atomic mass is 15.3. The summed E-state index contributed by atoms with van der Waals surface area (Å²) in [4.78, 5) is 0. The van der Waals surface area contributed by atoms with Crippen LogP contribution in [0.4, 0.5) is 0 Å². The zero-order valence-corrected chi connectivity index (χ0v) is 13.7. The number of nitrogens with one attached hydrogen (secondary N) is 1. The summed E-state index contributed by atoms with van der Waals surface area (Å²) in [5, 5.41) is 4.45. The van der Waals surface area contributed by atoms with Gasteiger partial charge in [0.25, 0.3) is 0 Å². The smallest absolute Gasteiger partial charge is 0.0657 e. The molecular formula is C17H32N4. The van der Waals surface area contributed by atoms with E-state index >= 15 is 0 Å². The molecule has 0 amide bonds. The van der Waals surface area contributed by atoms with Crippen molar-refractivity contribution in [1.82, 2.24) is 15.2 Å². The summed E-state index contributed by atoms with van der Waals surface area (Å²) in [6.07, 6.45) is 12.5. The first-order chi connectivity index (χ1) is 10.3. The lowest BCUT2D eigenvalue weighted by atomic mass is 9.76. The van der Waals surface area contributed by atoms with Gasteiger partial charge in [0.1, 0.15) is 0 Å². The Balaban J connectivity index is 1.94. The Morgan fingerprint density at radius 3 is 2.67 bits per heavy atom. The fraction of sp³-hybridized carbons (Fsp3) is 0.824. The van der Waals surface area contributed by atoms with Crippen LogP contribution in [0.5, 0.6) is 0 Å². The van der Waals surface area contributed by atoms with Gasteiger partial charge in [0.05, 0.1) is 11.7 Å². The molecule has 0 aromatic carbocycles. The Bertz CT molecular complexity index is 393. The van der Waals surface area contributed by atoms with Crippen molar-refractivity contribution in [3.8, 4) is 0 Å². The minimum absolute atomic E-state index is 0.256. The van der Waals surface area contributed by atoms with Gasteiger partial charge in [-0.3, -0.25) is 16.0 Å². The van der Waals surface area contributed by atoms with E-state index in [2.05, 4.69) is 35.1 Å². The molecule has 1 fully saturated rings. The lowest BCUT2D eigenvalue weighted by molar-refractivity contribution is 0.207. The summed E-state index contributed by atoms with van der Waals surface area (Å²) in [7, 11) is 0. The molecule has 120 valence electrons. The summed E-state index contributed by atoms with van der Waals surface area (Å²) >= 11 is 0. The van der Waals surface area contributed by atoms with E-state index in [1.54, 1.807) is 0 Å². The summed E-state index contributed by atoms with van der Waals surface area (Å²) in [6.45, 7) is 5.45. The highest BCUT2D eigenvalue weighted by molar-refractivity contribution is 5.09. The molecule has 1 aromatic heterocycles. The zero-order valence-electron chi connectivity index (χ0n) is 13.7. The Hall–Kier alpha value is -0.870. The Labute approximate surface area is 129 Å². The molecule has 0 radical (unpaired) electrons. The molecule has 0 saturated heterocycles. The van der Waals surface area contributed by atoms with Gasteiger partial charge in [-0.2, -0.15) is 5.10 Å². The van der Waals surface area contributed by atoms with Gasteiger partial charge in [-0.05, 0) is 37.2 Å². The fourth-order valence-electron chi connectivity index (χ4n) is 3.77. The molecule has 0 aliphatic heterocycles. The van der Waals surface area contributed by atoms with Gasteiger partial charge in [-0.25, -0.2) is 0 Å². The van der Waals surface area contributed by atoms with E-state index in [1.165, 1.54) is 50.6 Å². The molecule has 1 aliphatic rings. The normalized spacial score (nSPS) is 24.1. The van der Waals surface area contributed by atoms with Crippen molar-refractivity contribution in [2.45, 2.75) is 77.8 Å². The quantitative estimate of drug-likeness (QED) is 0.566. The van der Waals surface area contributed by atoms with Crippen molar-refractivity contribution in [3.63, 3.8) is 0 Å². The predicted octanol–water partition coefficient (Wildman–Crippen LogP) is 3.79. The van der Waals surface area contributed by atoms with Crippen molar-refractivity contribution >= 4 is 0 Å². The Morgan fingerprint density at radius 1 is 1.29 bits per heavy atom. The molecule has 1 heterocycles. The molecule has 1 atom stereocenters. The Morgan fingerprint density at radius 2 is 2.05 bits per heavy atom. The van der Waals surface area contributed by atoms with Crippen LogP contribution >= 0.6 is 0 Å². The van der Waals surface area contributed by atoms with Crippen LogP contribution in [-0.4, -0.2) is 9.78 Å². The van der Waals surface area contributed by atoms with Gasteiger partial charge in [0, 0.05) is 12.7 Å².